The van der Waals surface area contributed by atoms with Gasteiger partial charge in [-0.2, -0.15) is 0 Å². The van der Waals surface area contributed by atoms with Gasteiger partial charge in [-0.25, -0.2) is 4.98 Å². The van der Waals surface area contributed by atoms with Crippen molar-refractivity contribution in [1.82, 2.24) is 15.2 Å². The topological polar surface area (TPSA) is 74.3 Å². The third-order valence-corrected chi connectivity index (χ3v) is 9.93. The summed E-state index contributed by atoms with van der Waals surface area (Å²) in [6.45, 7) is 1.97. The summed E-state index contributed by atoms with van der Waals surface area (Å²) < 4.78 is 2.57. The van der Waals surface area contributed by atoms with Gasteiger partial charge in [0.15, 0.2) is 4.34 Å². The van der Waals surface area contributed by atoms with Crippen LogP contribution in [0.5, 0.6) is 0 Å². The fourth-order valence-corrected chi connectivity index (χ4v) is 7.31. The molecule has 5 rings (SSSR count). The number of likely N-dealkylation sites (tertiary alicyclic amines) is 1. The van der Waals surface area contributed by atoms with Gasteiger partial charge in [-0.1, -0.05) is 96.4 Å². The van der Waals surface area contributed by atoms with Gasteiger partial charge in [-0.3, -0.25) is 9.59 Å². The Hall–Kier alpha value is -2.92. The third kappa shape index (κ3) is 7.60. The van der Waals surface area contributed by atoms with Crippen LogP contribution in [0.2, 0.25) is 0 Å². The minimum atomic E-state index is -0.218. The number of anilines is 1. The van der Waals surface area contributed by atoms with Gasteiger partial charge in [0.1, 0.15) is 4.32 Å². The molecule has 39 heavy (non-hydrogen) atoms. The van der Waals surface area contributed by atoms with Crippen molar-refractivity contribution in [1.29, 1.82) is 0 Å². The highest BCUT2D eigenvalue weighted by Crippen LogP contribution is 2.32. The highest BCUT2D eigenvalue weighted by Gasteiger charge is 2.18. The largest absolute Gasteiger partial charge is 0.358 e. The molecule has 0 spiro atoms. The molecule has 2 N–H and O–H groups in total. The average molecular weight is 593 g/mol. The average Bonchev–Trinajstić information content (AvgIpc) is 3.65. The minimum Gasteiger partial charge on any atom is -0.358 e. The van der Waals surface area contributed by atoms with Crippen molar-refractivity contribution < 1.29 is 9.59 Å². The Bertz CT molecular complexity index is 1400. The Morgan fingerprint density at radius 2 is 1.59 bits per heavy atom. The molecule has 0 bridgehead atoms. The first-order chi connectivity index (χ1) is 19.0. The van der Waals surface area contributed by atoms with E-state index in [0.29, 0.717) is 5.75 Å². The van der Waals surface area contributed by atoms with E-state index in [2.05, 4.69) is 20.5 Å². The first kappa shape index (κ1) is 27.6. The highest BCUT2D eigenvalue weighted by atomic mass is 32.2. The zero-order valence-electron chi connectivity index (χ0n) is 21.2. The molecule has 6 nitrogen and oxygen atoms in total. The van der Waals surface area contributed by atoms with E-state index in [1.807, 2.05) is 78.9 Å². The summed E-state index contributed by atoms with van der Waals surface area (Å²) in [6.07, 6.45) is 2.32. The molecule has 4 aromatic rings. The molecule has 2 amide bonds. The highest BCUT2D eigenvalue weighted by molar-refractivity contribution is 8.23. The van der Waals surface area contributed by atoms with E-state index in [-0.39, 0.29) is 23.6 Å². The fourth-order valence-electron chi connectivity index (χ4n) is 4.34. The second-order valence-electron chi connectivity index (χ2n) is 9.07. The standard InChI is InChI=1S/C29H28N4O2S4/c34-25(19-38-29(36)33-15-7-8-16-33)30-22-13-14-23-24(17-22)39-28(31-23)37-18-26(35)32-27(20-9-3-1-4-10-20)21-11-5-2-6-12-21/h1-6,9-14,17,27H,7-8,15-16,18-19H2,(H,30,34)(H,32,35). The summed E-state index contributed by atoms with van der Waals surface area (Å²) in [5, 5.41) is 6.14. The van der Waals surface area contributed by atoms with Crippen molar-refractivity contribution >= 4 is 79.1 Å². The minimum absolute atomic E-state index is 0.0609. The van der Waals surface area contributed by atoms with E-state index in [9.17, 15) is 9.59 Å². The number of carbonyl (C=O) groups is 2. The number of nitrogens with one attached hydrogen (secondary N) is 2. The maximum absolute atomic E-state index is 12.9. The van der Waals surface area contributed by atoms with Gasteiger partial charge in [0, 0.05) is 18.8 Å². The van der Waals surface area contributed by atoms with Crippen molar-refractivity contribution in [2.45, 2.75) is 23.2 Å². The lowest BCUT2D eigenvalue weighted by molar-refractivity contribution is -0.119. The lowest BCUT2D eigenvalue weighted by Crippen LogP contribution is -2.30. The maximum Gasteiger partial charge on any atom is 0.234 e. The van der Waals surface area contributed by atoms with Crippen molar-refractivity contribution in [3.05, 3.63) is 90.0 Å². The molecule has 1 saturated heterocycles. The van der Waals surface area contributed by atoms with Gasteiger partial charge in [-0.05, 0) is 42.2 Å². The summed E-state index contributed by atoms with van der Waals surface area (Å²) in [5.74, 6) is 0.407. The van der Waals surface area contributed by atoms with Crippen LogP contribution in [0, 0.1) is 0 Å². The first-order valence-electron chi connectivity index (χ1n) is 12.7. The van der Waals surface area contributed by atoms with Crippen LogP contribution < -0.4 is 10.6 Å². The van der Waals surface area contributed by atoms with Crippen LogP contribution in [-0.4, -0.2) is 50.6 Å². The summed E-state index contributed by atoms with van der Waals surface area (Å²) in [4.78, 5) is 32.2. The zero-order valence-corrected chi connectivity index (χ0v) is 24.4. The maximum atomic E-state index is 12.9. The zero-order chi connectivity index (χ0) is 27.0. The second-order valence-corrected chi connectivity index (χ2v) is 12.9. The van der Waals surface area contributed by atoms with Gasteiger partial charge >= 0.3 is 0 Å². The molecular formula is C29H28N4O2S4. The number of carbonyl (C=O) groups excluding carboxylic acids is 2. The lowest BCUT2D eigenvalue weighted by Gasteiger charge is -2.19. The van der Waals surface area contributed by atoms with Crippen LogP contribution in [0.4, 0.5) is 5.69 Å². The van der Waals surface area contributed by atoms with Gasteiger partial charge < -0.3 is 15.5 Å². The molecule has 0 saturated carbocycles. The number of thioether (sulfide) groups is 2. The Kier molecular flexibility index (Phi) is 9.52. The Morgan fingerprint density at radius 1 is 0.923 bits per heavy atom. The number of hydrogen-bond acceptors (Lipinski definition) is 7. The van der Waals surface area contributed by atoms with Crippen LogP contribution in [0.3, 0.4) is 0 Å². The van der Waals surface area contributed by atoms with E-state index in [1.165, 1.54) is 34.9 Å². The molecule has 1 aromatic heterocycles. The number of benzene rings is 3. The van der Waals surface area contributed by atoms with Crippen LogP contribution in [0.15, 0.2) is 83.2 Å². The third-order valence-electron chi connectivity index (χ3n) is 6.24. The molecule has 0 atom stereocenters. The number of rotatable bonds is 9. The number of hydrogen-bond donors (Lipinski definition) is 2. The molecule has 10 heteroatoms. The van der Waals surface area contributed by atoms with Crippen LogP contribution >= 0.6 is 47.1 Å². The number of nitrogens with zero attached hydrogens (tertiary/aromatic N) is 2. The molecule has 1 aliphatic rings. The number of thiazole rings is 1. The van der Waals surface area contributed by atoms with Gasteiger partial charge in [0.25, 0.3) is 0 Å². The van der Waals surface area contributed by atoms with E-state index < -0.39 is 0 Å². The molecule has 1 fully saturated rings. The monoisotopic (exact) mass is 592 g/mol. The van der Waals surface area contributed by atoms with Crippen molar-refractivity contribution in [3.63, 3.8) is 0 Å². The summed E-state index contributed by atoms with van der Waals surface area (Å²) >= 11 is 9.79. The summed E-state index contributed by atoms with van der Waals surface area (Å²) in [7, 11) is 0. The summed E-state index contributed by atoms with van der Waals surface area (Å²) in [6, 6.07) is 25.4. The van der Waals surface area contributed by atoms with Crippen LogP contribution in [-0.2, 0) is 9.59 Å². The first-order valence-corrected chi connectivity index (χ1v) is 15.9. The van der Waals surface area contributed by atoms with Crippen molar-refractivity contribution in [2.24, 2.45) is 0 Å². The number of amides is 2. The SMILES string of the molecule is O=C(CSC(=S)N1CCCC1)Nc1ccc2nc(SCC(=O)NC(c3ccccc3)c3ccccc3)sc2c1. The predicted octanol–water partition coefficient (Wildman–Crippen LogP) is 6.35. The van der Waals surface area contributed by atoms with Gasteiger partial charge in [0.2, 0.25) is 11.8 Å². The quantitative estimate of drug-likeness (QED) is 0.173. The number of aromatic nitrogens is 1. The molecule has 0 unspecified atom stereocenters. The number of fused-ring (bicyclic) bond motifs is 1. The molecule has 2 heterocycles. The lowest BCUT2D eigenvalue weighted by atomic mass is 9.99. The Morgan fingerprint density at radius 3 is 2.26 bits per heavy atom. The van der Waals surface area contributed by atoms with Gasteiger partial charge in [-0.15, -0.1) is 11.3 Å². The van der Waals surface area contributed by atoms with E-state index in [4.69, 9.17) is 12.2 Å². The Labute approximate surface area is 246 Å². The molecule has 200 valence electrons. The van der Waals surface area contributed by atoms with Crippen LogP contribution in [0.1, 0.15) is 30.0 Å². The smallest absolute Gasteiger partial charge is 0.234 e. The molecule has 1 aliphatic heterocycles. The van der Waals surface area contributed by atoms with E-state index >= 15 is 0 Å². The Balaban J connectivity index is 1.16. The number of thiocarbonyl (C=S) groups is 1. The molecule has 3 aromatic carbocycles. The van der Waals surface area contributed by atoms with E-state index in [0.717, 1.165) is 61.6 Å². The fraction of sp³-hybridized carbons (Fsp3) is 0.241. The summed E-state index contributed by atoms with van der Waals surface area (Å²) in [5.41, 5.74) is 3.64. The van der Waals surface area contributed by atoms with Gasteiger partial charge in [0.05, 0.1) is 27.8 Å². The molecular weight excluding hydrogens is 565 g/mol. The molecule has 0 radical (unpaired) electrons. The van der Waals surface area contributed by atoms with E-state index in [1.54, 1.807) is 0 Å². The predicted molar refractivity (Wildman–Crippen MR) is 168 cm³/mol. The normalized spacial score (nSPS) is 13.1. The van der Waals surface area contributed by atoms with Crippen molar-refractivity contribution in [2.75, 3.05) is 29.9 Å². The molecule has 0 aliphatic carbocycles. The second kappa shape index (κ2) is 13.4. The van der Waals surface area contributed by atoms with Crippen molar-refractivity contribution in [3.8, 4) is 0 Å². The van der Waals surface area contributed by atoms with Crippen LogP contribution in [0.25, 0.3) is 10.2 Å².